The number of nitrogen functional groups attached to an aromatic ring is 1. The van der Waals surface area contributed by atoms with E-state index in [-0.39, 0.29) is 4.92 Å². The zero-order valence-electron chi connectivity index (χ0n) is 10.0. The maximum Gasteiger partial charge on any atom is 0.253 e. The number of hydrogen-bond acceptors (Lipinski definition) is 4. The monoisotopic (exact) mass is 245 g/mol. The molecule has 2 atom stereocenters. The SMILES string of the molecule is CC1(N)C=CC(c2ccc(N)cc2)=CC1[N+](=O)[O-]. The van der Waals surface area contributed by atoms with Crippen molar-refractivity contribution < 1.29 is 4.92 Å². The van der Waals surface area contributed by atoms with Crippen molar-refractivity contribution in [1.82, 2.24) is 0 Å². The van der Waals surface area contributed by atoms with E-state index in [1.165, 1.54) is 0 Å². The zero-order valence-corrected chi connectivity index (χ0v) is 10.0. The van der Waals surface area contributed by atoms with Gasteiger partial charge in [-0.25, -0.2) is 0 Å². The number of nitro groups is 1. The lowest BCUT2D eigenvalue weighted by Crippen LogP contribution is -2.50. The molecule has 0 radical (unpaired) electrons. The molecule has 0 spiro atoms. The van der Waals surface area contributed by atoms with Crippen molar-refractivity contribution in [2.45, 2.75) is 18.5 Å². The Labute approximate surface area is 105 Å². The Bertz CT molecular complexity index is 530. The molecule has 0 aliphatic heterocycles. The maximum atomic E-state index is 11.0. The molecule has 0 aromatic heterocycles. The normalized spacial score (nSPS) is 26.8. The molecule has 0 saturated carbocycles. The van der Waals surface area contributed by atoms with Gasteiger partial charge in [-0.2, -0.15) is 0 Å². The molecule has 5 nitrogen and oxygen atoms in total. The molecule has 2 unspecified atom stereocenters. The molecule has 5 heteroatoms. The lowest BCUT2D eigenvalue weighted by atomic mass is 9.85. The molecule has 1 aromatic rings. The van der Waals surface area contributed by atoms with Crippen molar-refractivity contribution in [3.8, 4) is 0 Å². The first-order valence-corrected chi connectivity index (χ1v) is 5.59. The van der Waals surface area contributed by atoms with Crippen LogP contribution >= 0.6 is 0 Å². The van der Waals surface area contributed by atoms with E-state index in [9.17, 15) is 10.1 Å². The number of nitrogens with two attached hydrogens (primary N) is 2. The quantitative estimate of drug-likeness (QED) is 0.470. The first kappa shape index (κ1) is 12.3. The summed E-state index contributed by atoms with van der Waals surface area (Å²) >= 11 is 0. The Morgan fingerprint density at radius 2 is 1.94 bits per heavy atom. The van der Waals surface area contributed by atoms with Crippen LogP contribution in [0.4, 0.5) is 5.69 Å². The van der Waals surface area contributed by atoms with E-state index in [4.69, 9.17) is 11.5 Å². The summed E-state index contributed by atoms with van der Waals surface area (Å²) < 4.78 is 0. The van der Waals surface area contributed by atoms with Crippen molar-refractivity contribution in [2.24, 2.45) is 5.73 Å². The molecule has 1 aliphatic rings. The molecule has 94 valence electrons. The van der Waals surface area contributed by atoms with Crippen LogP contribution in [0.25, 0.3) is 5.57 Å². The van der Waals surface area contributed by atoms with Crippen LogP contribution in [-0.2, 0) is 0 Å². The summed E-state index contributed by atoms with van der Waals surface area (Å²) in [5.41, 5.74) is 12.9. The highest BCUT2D eigenvalue weighted by molar-refractivity contribution is 5.76. The van der Waals surface area contributed by atoms with Gasteiger partial charge in [-0.15, -0.1) is 0 Å². The Kier molecular flexibility index (Phi) is 2.92. The van der Waals surface area contributed by atoms with Gasteiger partial charge in [-0.05, 0) is 36.3 Å². The minimum atomic E-state index is -0.958. The molecule has 1 aliphatic carbocycles. The van der Waals surface area contributed by atoms with Gasteiger partial charge in [0, 0.05) is 10.6 Å². The highest BCUT2D eigenvalue weighted by atomic mass is 16.6. The van der Waals surface area contributed by atoms with E-state index in [1.807, 2.05) is 18.2 Å². The van der Waals surface area contributed by atoms with E-state index in [1.54, 1.807) is 31.2 Å². The number of benzene rings is 1. The lowest BCUT2D eigenvalue weighted by Gasteiger charge is -2.26. The molecule has 0 saturated heterocycles. The number of hydrogen-bond donors (Lipinski definition) is 2. The van der Waals surface area contributed by atoms with Gasteiger partial charge in [0.1, 0.15) is 5.54 Å². The average Bonchev–Trinajstić information content (AvgIpc) is 2.29. The predicted molar refractivity (Wildman–Crippen MR) is 71.3 cm³/mol. The smallest absolute Gasteiger partial charge is 0.253 e. The molecule has 0 heterocycles. The van der Waals surface area contributed by atoms with Crippen LogP contribution < -0.4 is 11.5 Å². The second kappa shape index (κ2) is 4.27. The standard InChI is InChI=1S/C13H15N3O2/c1-13(15)7-6-10(8-12(13)16(17)18)9-2-4-11(14)5-3-9/h2-8,12H,14-15H2,1H3. The third-order valence-electron chi connectivity index (χ3n) is 3.07. The lowest BCUT2D eigenvalue weighted by molar-refractivity contribution is -0.516. The van der Waals surface area contributed by atoms with Crippen LogP contribution in [-0.4, -0.2) is 16.5 Å². The Morgan fingerprint density at radius 1 is 1.33 bits per heavy atom. The van der Waals surface area contributed by atoms with Crippen LogP contribution in [0, 0.1) is 10.1 Å². The summed E-state index contributed by atoms with van der Waals surface area (Å²) in [4.78, 5) is 10.7. The summed E-state index contributed by atoms with van der Waals surface area (Å²) in [7, 11) is 0. The van der Waals surface area contributed by atoms with Gasteiger partial charge in [-0.1, -0.05) is 24.3 Å². The number of rotatable bonds is 2. The Hall–Kier alpha value is -2.14. The predicted octanol–water partition coefficient (Wildman–Crippen LogP) is 1.58. The summed E-state index contributed by atoms with van der Waals surface area (Å²) in [6.45, 7) is 1.65. The number of nitrogens with zero attached hydrogens (tertiary/aromatic N) is 1. The third kappa shape index (κ3) is 2.26. The molecular formula is C13H15N3O2. The minimum absolute atomic E-state index is 0.360. The number of anilines is 1. The van der Waals surface area contributed by atoms with Crippen LogP contribution in [0.3, 0.4) is 0 Å². The molecule has 0 fully saturated rings. The van der Waals surface area contributed by atoms with Crippen LogP contribution in [0.1, 0.15) is 12.5 Å². The number of allylic oxidation sites excluding steroid dienone is 2. The topological polar surface area (TPSA) is 95.2 Å². The summed E-state index contributed by atoms with van der Waals surface area (Å²) in [5, 5.41) is 11.0. The van der Waals surface area contributed by atoms with E-state index in [2.05, 4.69) is 0 Å². The summed E-state index contributed by atoms with van der Waals surface area (Å²) in [5.74, 6) is 0. The average molecular weight is 245 g/mol. The molecule has 1 aromatic carbocycles. The van der Waals surface area contributed by atoms with Crippen LogP contribution in [0.15, 0.2) is 42.5 Å². The van der Waals surface area contributed by atoms with Crippen molar-refractivity contribution in [3.05, 3.63) is 58.2 Å². The van der Waals surface area contributed by atoms with Gasteiger partial charge >= 0.3 is 0 Å². The van der Waals surface area contributed by atoms with Crippen LogP contribution in [0.2, 0.25) is 0 Å². The van der Waals surface area contributed by atoms with Crippen molar-refractivity contribution in [3.63, 3.8) is 0 Å². The fourth-order valence-corrected chi connectivity index (χ4v) is 1.93. The first-order chi connectivity index (χ1) is 8.40. The van der Waals surface area contributed by atoms with Gasteiger partial charge in [-0.3, -0.25) is 10.1 Å². The maximum absolute atomic E-state index is 11.0. The molecule has 0 amide bonds. The molecular weight excluding hydrogens is 230 g/mol. The van der Waals surface area contributed by atoms with E-state index >= 15 is 0 Å². The van der Waals surface area contributed by atoms with Gasteiger partial charge in [0.05, 0.1) is 0 Å². The van der Waals surface area contributed by atoms with Gasteiger partial charge in [0.15, 0.2) is 0 Å². The van der Waals surface area contributed by atoms with Crippen molar-refractivity contribution in [2.75, 3.05) is 5.73 Å². The minimum Gasteiger partial charge on any atom is -0.399 e. The second-order valence-corrected chi connectivity index (χ2v) is 4.67. The Morgan fingerprint density at radius 3 is 2.50 bits per heavy atom. The van der Waals surface area contributed by atoms with Crippen molar-refractivity contribution in [1.29, 1.82) is 0 Å². The Balaban J connectivity index is 2.38. The molecule has 2 rings (SSSR count). The third-order valence-corrected chi connectivity index (χ3v) is 3.07. The molecule has 18 heavy (non-hydrogen) atoms. The zero-order chi connectivity index (χ0) is 13.3. The van der Waals surface area contributed by atoms with E-state index in [0.717, 1.165) is 11.1 Å². The summed E-state index contributed by atoms with van der Waals surface area (Å²) in [6, 6.07) is 6.28. The first-order valence-electron chi connectivity index (χ1n) is 5.59. The van der Waals surface area contributed by atoms with Gasteiger partial charge in [0.25, 0.3) is 6.04 Å². The fourth-order valence-electron chi connectivity index (χ4n) is 1.93. The van der Waals surface area contributed by atoms with E-state index in [0.29, 0.717) is 5.69 Å². The van der Waals surface area contributed by atoms with Gasteiger partial charge in [0.2, 0.25) is 0 Å². The van der Waals surface area contributed by atoms with Gasteiger partial charge < -0.3 is 11.5 Å². The molecule has 0 bridgehead atoms. The highest BCUT2D eigenvalue weighted by Gasteiger charge is 2.38. The molecule has 4 N–H and O–H groups in total. The second-order valence-electron chi connectivity index (χ2n) is 4.67. The highest BCUT2D eigenvalue weighted by Crippen LogP contribution is 2.27. The fraction of sp³-hybridized carbons (Fsp3) is 0.231. The summed E-state index contributed by atoms with van der Waals surface area (Å²) in [6.07, 6.45) is 5.07. The van der Waals surface area contributed by atoms with Crippen molar-refractivity contribution >= 4 is 11.3 Å². The van der Waals surface area contributed by atoms with Crippen LogP contribution in [0.5, 0.6) is 0 Å². The van der Waals surface area contributed by atoms with E-state index < -0.39 is 11.6 Å². The largest absolute Gasteiger partial charge is 0.399 e.